The molecule has 0 aromatic heterocycles. The number of carbonyl (C=O) groups is 2. The molecule has 0 unspecified atom stereocenters. The maximum atomic E-state index is 12.7. The van der Waals surface area contributed by atoms with Gasteiger partial charge < -0.3 is 15.5 Å². The number of aliphatic carboxylic acids is 1. The Kier molecular flexibility index (Phi) is 5.80. The summed E-state index contributed by atoms with van der Waals surface area (Å²) in [6.07, 6.45) is 11.0. The third-order valence-corrected chi connectivity index (χ3v) is 9.81. The monoisotopic (exact) mass is 417 g/mol. The summed E-state index contributed by atoms with van der Waals surface area (Å²) in [5.41, 5.74) is 1.95. The number of carbonyl (C=O) groups excluding carboxylic acids is 1. The van der Waals surface area contributed by atoms with Gasteiger partial charge in [-0.15, -0.1) is 0 Å². The molecule has 3 saturated carbocycles. The molecule has 30 heavy (non-hydrogen) atoms. The van der Waals surface area contributed by atoms with Gasteiger partial charge in [-0.2, -0.15) is 0 Å². The molecular weight excluding hydrogens is 378 g/mol. The lowest BCUT2D eigenvalue weighted by Crippen LogP contribution is -2.51. The van der Waals surface area contributed by atoms with E-state index in [1.165, 1.54) is 24.8 Å². The first kappa shape index (κ1) is 21.9. The molecule has 4 aliphatic rings. The van der Waals surface area contributed by atoms with E-state index in [4.69, 9.17) is 5.11 Å². The first-order chi connectivity index (χ1) is 14.2. The molecule has 4 rings (SSSR count). The Bertz CT molecular complexity index is 733. The van der Waals surface area contributed by atoms with Gasteiger partial charge in [0.05, 0.1) is 12.5 Å². The van der Waals surface area contributed by atoms with E-state index in [9.17, 15) is 14.7 Å². The molecule has 3 fully saturated rings. The molecule has 0 spiro atoms. The summed E-state index contributed by atoms with van der Waals surface area (Å²) < 4.78 is 0. The highest BCUT2D eigenvalue weighted by atomic mass is 16.4. The Labute approximate surface area is 180 Å². The summed E-state index contributed by atoms with van der Waals surface area (Å²) in [5, 5.41) is 21.9. The number of carboxylic acids is 1. The Balaban J connectivity index is 1.49. The molecular formula is C25H39NO4. The SMILES string of the molecule is C[C@H](C(=O)NCCC(=O)O)[C@H]1CC[C@H]2[C@@H]3CC=C4C[C@@H](O)CC[C@]4(C)[C@H]3CC[C@]12C. The van der Waals surface area contributed by atoms with E-state index in [-0.39, 0.29) is 41.7 Å². The van der Waals surface area contributed by atoms with Crippen molar-refractivity contribution in [3.8, 4) is 0 Å². The minimum atomic E-state index is -0.873. The predicted molar refractivity (Wildman–Crippen MR) is 116 cm³/mol. The van der Waals surface area contributed by atoms with Gasteiger partial charge in [-0.1, -0.05) is 32.4 Å². The van der Waals surface area contributed by atoms with Crippen LogP contribution in [0, 0.1) is 40.4 Å². The minimum absolute atomic E-state index is 0.0179. The molecule has 4 aliphatic carbocycles. The number of allylic oxidation sites excluding steroid dienone is 1. The fourth-order valence-electron chi connectivity index (χ4n) is 8.14. The van der Waals surface area contributed by atoms with E-state index in [0.29, 0.717) is 23.7 Å². The van der Waals surface area contributed by atoms with Crippen LogP contribution in [0.4, 0.5) is 0 Å². The summed E-state index contributed by atoms with van der Waals surface area (Å²) in [4.78, 5) is 23.5. The number of rotatable bonds is 5. The summed E-state index contributed by atoms with van der Waals surface area (Å²) in [6, 6.07) is 0. The number of aliphatic hydroxyl groups is 1. The first-order valence-corrected chi connectivity index (χ1v) is 12.0. The fourth-order valence-corrected chi connectivity index (χ4v) is 8.14. The molecule has 5 heteroatoms. The highest BCUT2D eigenvalue weighted by Crippen LogP contribution is 2.67. The number of amides is 1. The molecule has 168 valence electrons. The maximum Gasteiger partial charge on any atom is 0.305 e. The van der Waals surface area contributed by atoms with Gasteiger partial charge in [0.15, 0.2) is 0 Å². The van der Waals surface area contributed by atoms with E-state index >= 15 is 0 Å². The largest absolute Gasteiger partial charge is 0.481 e. The average Bonchev–Trinajstić information content (AvgIpc) is 3.04. The van der Waals surface area contributed by atoms with Gasteiger partial charge >= 0.3 is 5.97 Å². The van der Waals surface area contributed by atoms with Crippen LogP contribution < -0.4 is 5.32 Å². The van der Waals surface area contributed by atoms with Crippen LogP contribution in [0.1, 0.15) is 78.6 Å². The molecule has 0 saturated heterocycles. The highest BCUT2D eigenvalue weighted by molar-refractivity contribution is 5.79. The number of fused-ring (bicyclic) bond motifs is 5. The summed E-state index contributed by atoms with van der Waals surface area (Å²) in [7, 11) is 0. The number of aliphatic hydroxyl groups excluding tert-OH is 1. The predicted octanol–water partition coefficient (Wildman–Crippen LogP) is 4.15. The van der Waals surface area contributed by atoms with Crippen LogP contribution in [0.2, 0.25) is 0 Å². The van der Waals surface area contributed by atoms with Crippen molar-refractivity contribution in [3.05, 3.63) is 11.6 Å². The average molecular weight is 418 g/mol. The van der Waals surface area contributed by atoms with Crippen LogP contribution in [0.5, 0.6) is 0 Å². The van der Waals surface area contributed by atoms with E-state index in [0.717, 1.165) is 32.1 Å². The number of nitrogens with one attached hydrogen (secondary N) is 1. The third-order valence-electron chi connectivity index (χ3n) is 9.81. The second-order valence-corrected chi connectivity index (χ2v) is 11.1. The molecule has 0 radical (unpaired) electrons. The zero-order chi connectivity index (χ0) is 21.7. The summed E-state index contributed by atoms with van der Waals surface area (Å²) >= 11 is 0. The van der Waals surface area contributed by atoms with Crippen LogP contribution >= 0.6 is 0 Å². The van der Waals surface area contributed by atoms with Crippen molar-refractivity contribution in [1.29, 1.82) is 0 Å². The Morgan fingerprint density at radius 2 is 1.93 bits per heavy atom. The van der Waals surface area contributed by atoms with Gasteiger partial charge in [-0.05, 0) is 85.9 Å². The third kappa shape index (κ3) is 3.51. The highest BCUT2D eigenvalue weighted by Gasteiger charge is 2.59. The van der Waals surface area contributed by atoms with Crippen molar-refractivity contribution in [3.63, 3.8) is 0 Å². The van der Waals surface area contributed by atoms with Gasteiger partial charge in [0.2, 0.25) is 5.91 Å². The second-order valence-electron chi connectivity index (χ2n) is 11.1. The first-order valence-electron chi connectivity index (χ1n) is 12.0. The number of hydrogen-bond acceptors (Lipinski definition) is 3. The molecule has 1 amide bonds. The van der Waals surface area contributed by atoms with E-state index in [1.54, 1.807) is 0 Å². The molecule has 0 aliphatic heterocycles. The van der Waals surface area contributed by atoms with Gasteiger partial charge in [0.1, 0.15) is 0 Å². The number of hydrogen-bond donors (Lipinski definition) is 3. The van der Waals surface area contributed by atoms with Gasteiger partial charge in [-0.25, -0.2) is 0 Å². The van der Waals surface area contributed by atoms with E-state index in [2.05, 4.69) is 25.2 Å². The zero-order valence-electron chi connectivity index (χ0n) is 18.8. The Hall–Kier alpha value is -1.36. The molecule has 3 N–H and O–H groups in total. The second kappa shape index (κ2) is 7.96. The van der Waals surface area contributed by atoms with E-state index in [1.807, 2.05) is 6.92 Å². The maximum absolute atomic E-state index is 12.7. The Morgan fingerprint density at radius 1 is 1.17 bits per heavy atom. The standard InChI is InChI=1S/C25H39NO4/c1-15(23(30)26-13-10-22(28)29)19-6-7-20-18-5-4-16-14-17(27)8-11-24(16,2)21(18)9-12-25(19,20)3/h4,15,17-21,27H,5-14H2,1-3H3,(H,26,30)(H,28,29)/t15-,17-,18-,19+,20-,21-,24-,25+/m0/s1. The van der Waals surface area contributed by atoms with Crippen LogP contribution in [0.25, 0.3) is 0 Å². The van der Waals surface area contributed by atoms with Crippen LogP contribution in [-0.4, -0.2) is 34.7 Å². The fraction of sp³-hybridized carbons (Fsp3) is 0.840. The molecule has 0 aromatic rings. The quantitative estimate of drug-likeness (QED) is 0.587. The van der Waals surface area contributed by atoms with Crippen LogP contribution in [0.15, 0.2) is 11.6 Å². The topological polar surface area (TPSA) is 86.6 Å². The van der Waals surface area contributed by atoms with Gasteiger partial charge in [-0.3, -0.25) is 9.59 Å². The molecule has 5 nitrogen and oxygen atoms in total. The van der Waals surface area contributed by atoms with Crippen molar-refractivity contribution < 1.29 is 19.8 Å². The smallest absolute Gasteiger partial charge is 0.305 e. The lowest BCUT2D eigenvalue weighted by Gasteiger charge is -2.58. The molecule has 0 aromatic carbocycles. The van der Waals surface area contributed by atoms with Crippen molar-refractivity contribution in [2.24, 2.45) is 40.4 Å². The normalized spacial score (nSPS) is 43.6. The van der Waals surface area contributed by atoms with Crippen LogP contribution in [0.3, 0.4) is 0 Å². The molecule has 0 bridgehead atoms. The lowest BCUT2D eigenvalue weighted by atomic mass is 9.47. The lowest BCUT2D eigenvalue weighted by molar-refractivity contribution is -0.137. The Morgan fingerprint density at radius 3 is 2.67 bits per heavy atom. The molecule has 8 atom stereocenters. The van der Waals surface area contributed by atoms with Crippen LogP contribution in [-0.2, 0) is 9.59 Å². The van der Waals surface area contributed by atoms with Gasteiger partial charge in [0.25, 0.3) is 0 Å². The van der Waals surface area contributed by atoms with Gasteiger partial charge in [0, 0.05) is 12.5 Å². The molecule has 0 heterocycles. The summed E-state index contributed by atoms with van der Waals surface area (Å²) in [6.45, 7) is 7.14. The number of carboxylic acid groups (broad SMARTS) is 1. The van der Waals surface area contributed by atoms with Crippen molar-refractivity contribution in [2.45, 2.75) is 84.7 Å². The zero-order valence-corrected chi connectivity index (χ0v) is 18.8. The van der Waals surface area contributed by atoms with Crippen molar-refractivity contribution in [2.75, 3.05) is 6.54 Å². The van der Waals surface area contributed by atoms with E-state index < -0.39 is 5.97 Å². The minimum Gasteiger partial charge on any atom is -0.481 e. The van der Waals surface area contributed by atoms with Crippen molar-refractivity contribution >= 4 is 11.9 Å². The summed E-state index contributed by atoms with van der Waals surface area (Å²) in [5.74, 6) is 1.52. The van der Waals surface area contributed by atoms with Crippen molar-refractivity contribution in [1.82, 2.24) is 5.32 Å².